The molecule has 0 aliphatic carbocycles. The molecule has 33 heavy (non-hydrogen) atoms. The maximum Gasteiger partial charge on any atom is 0.125 e. The van der Waals surface area contributed by atoms with Gasteiger partial charge in [0, 0.05) is 0 Å². The van der Waals surface area contributed by atoms with Crippen molar-refractivity contribution in [2.24, 2.45) is 0 Å². The molecule has 0 atom stereocenters. The van der Waals surface area contributed by atoms with Crippen LogP contribution in [0.5, 0.6) is 11.5 Å². The molecule has 0 spiro atoms. The lowest BCUT2D eigenvalue weighted by molar-refractivity contribution is 0.408. The van der Waals surface area contributed by atoms with Gasteiger partial charge in [-0.05, 0) is 91.0 Å². The summed E-state index contributed by atoms with van der Waals surface area (Å²) in [5, 5.41) is 3.98. The predicted molar refractivity (Wildman–Crippen MR) is 143 cm³/mol. The molecule has 0 bridgehead atoms. The minimum absolute atomic E-state index is 0.746. The van der Waals surface area contributed by atoms with Crippen LogP contribution < -0.4 is 25.4 Å². The van der Waals surface area contributed by atoms with E-state index in [2.05, 4.69) is 107 Å². The highest BCUT2D eigenvalue weighted by Gasteiger charge is 2.24. The van der Waals surface area contributed by atoms with Crippen molar-refractivity contribution in [1.82, 2.24) is 0 Å². The largest absolute Gasteiger partial charge is 0.496 e. The van der Waals surface area contributed by atoms with Gasteiger partial charge in [-0.2, -0.15) is 0 Å². The van der Waals surface area contributed by atoms with Crippen molar-refractivity contribution in [2.45, 2.75) is 27.7 Å². The van der Waals surface area contributed by atoms with Crippen LogP contribution in [-0.4, -0.2) is 14.2 Å². The third-order valence-electron chi connectivity index (χ3n) is 6.32. The normalized spacial score (nSPS) is 11.0. The molecule has 3 heteroatoms. The second-order valence-corrected chi connectivity index (χ2v) is 10.5. The van der Waals surface area contributed by atoms with Gasteiger partial charge in [-0.15, -0.1) is 0 Å². The molecule has 0 saturated heterocycles. The minimum Gasteiger partial charge on any atom is -0.496 e. The predicted octanol–water partition coefficient (Wildman–Crippen LogP) is 6.36. The van der Waals surface area contributed by atoms with E-state index in [1.165, 1.54) is 32.6 Å². The summed E-state index contributed by atoms with van der Waals surface area (Å²) < 4.78 is 11.7. The van der Waals surface area contributed by atoms with Crippen LogP contribution in [0.15, 0.2) is 78.9 Å². The van der Waals surface area contributed by atoms with E-state index in [1.54, 1.807) is 14.2 Å². The van der Waals surface area contributed by atoms with Gasteiger partial charge in [-0.1, -0.05) is 72.8 Å². The molecule has 2 nitrogen and oxygen atoms in total. The van der Waals surface area contributed by atoms with Gasteiger partial charge < -0.3 is 9.47 Å². The van der Waals surface area contributed by atoms with Crippen molar-refractivity contribution in [3.05, 3.63) is 101 Å². The quantitative estimate of drug-likeness (QED) is 0.316. The van der Waals surface area contributed by atoms with E-state index in [-0.39, 0.29) is 0 Å². The summed E-state index contributed by atoms with van der Waals surface area (Å²) in [6.07, 6.45) is 0. The van der Waals surface area contributed by atoms with Crippen LogP contribution in [0.3, 0.4) is 0 Å². The molecule has 168 valence electrons. The first-order valence-corrected chi connectivity index (χ1v) is 12.5. The fourth-order valence-electron chi connectivity index (χ4n) is 4.71. The van der Waals surface area contributed by atoms with Crippen LogP contribution >= 0.6 is 7.92 Å². The summed E-state index contributed by atoms with van der Waals surface area (Å²) in [5.41, 5.74) is 7.04. The molecule has 0 unspecified atom stereocenters. The van der Waals surface area contributed by atoms with Gasteiger partial charge in [0.25, 0.3) is 0 Å². The van der Waals surface area contributed by atoms with Crippen molar-refractivity contribution < 1.29 is 9.47 Å². The Morgan fingerprint density at radius 2 is 1.06 bits per heavy atom. The summed E-state index contributed by atoms with van der Waals surface area (Å²) >= 11 is 0. The first-order chi connectivity index (χ1) is 16.0. The molecule has 4 aromatic rings. The molecule has 0 amide bonds. The third-order valence-corrected chi connectivity index (χ3v) is 8.90. The Morgan fingerprint density at radius 1 is 0.545 bits per heavy atom. The Bertz CT molecular complexity index is 1220. The van der Waals surface area contributed by atoms with Crippen LogP contribution in [0, 0.1) is 27.7 Å². The zero-order valence-electron chi connectivity index (χ0n) is 20.3. The Labute approximate surface area is 199 Å². The van der Waals surface area contributed by atoms with Crippen LogP contribution in [0.4, 0.5) is 0 Å². The maximum atomic E-state index is 6.00. The summed E-state index contributed by atoms with van der Waals surface area (Å²) in [7, 11) is 2.78. The average molecular weight is 455 g/mol. The van der Waals surface area contributed by atoms with E-state index in [0.717, 1.165) is 28.2 Å². The summed E-state index contributed by atoms with van der Waals surface area (Å²) in [6, 6.07) is 28.4. The molecule has 0 aliphatic rings. The monoisotopic (exact) mass is 454 g/mol. The maximum absolute atomic E-state index is 6.00. The first-order valence-electron chi connectivity index (χ1n) is 11.2. The molecule has 0 saturated carbocycles. The van der Waals surface area contributed by atoms with Crippen molar-refractivity contribution >= 4 is 23.8 Å². The molecule has 4 aromatic carbocycles. The van der Waals surface area contributed by atoms with E-state index in [0.29, 0.717) is 0 Å². The summed E-state index contributed by atoms with van der Waals surface area (Å²) in [5.74, 6) is 1.90. The molecule has 0 N–H and O–H groups in total. The molecular weight excluding hydrogens is 423 g/mol. The van der Waals surface area contributed by atoms with E-state index in [4.69, 9.17) is 9.47 Å². The molecular formula is C30H31O2P. The molecule has 0 radical (unpaired) electrons. The SMILES string of the molecule is COc1c(C)ccc(-c2cc(P(c3ccccc3)c3ccccc3)c(C)c(OC)c2C)c1C. The fourth-order valence-corrected chi connectivity index (χ4v) is 7.20. The molecule has 0 fully saturated rings. The topological polar surface area (TPSA) is 18.5 Å². The highest BCUT2D eigenvalue weighted by atomic mass is 31.1. The fraction of sp³-hybridized carbons (Fsp3) is 0.200. The molecule has 0 aliphatic heterocycles. The second-order valence-electron chi connectivity index (χ2n) is 8.32. The number of rotatable bonds is 6. The zero-order chi connectivity index (χ0) is 23.5. The number of aryl methyl sites for hydroxylation is 1. The lowest BCUT2D eigenvalue weighted by Crippen LogP contribution is -2.23. The van der Waals surface area contributed by atoms with Crippen molar-refractivity contribution in [1.29, 1.82) is 0 Å². The molecule has 0 aromatic heterocycles. The zero-order valence-corrected chi connectivity index (χ0v) is 21.2. The number of ether oxygens (including phenoxy) is 2. The van der Waals surface area contributed by atoms with E-state index in [9.17, 15) is 0 Å². The van der Waals surface area contributed by atoms with Gasteiger partial charge in [0.1, 0.15) is 11.5 Å². The Hall–Kier alpha value is -3.09. The highest BCUT2D eigenvalue weighted by molar-refractivity contribution is 7.80. The molecule has 0 heterocycles. The van der Waals surface area contributed by atoms with Crippen LogP contribution in [0.1, 0.15) is 22.3 Å². The second kappa shape index (κ2) is 9.81. The van der Waals surface area contributed by atoms with Crippen LogP contribution in [0.25, 0.3) is 11.1 Å². The van der Waals surface area contributed by atoms with E-state index < -0.39 is 7.92 Å². The van der Waals surface area contributed by atoms with Crippen molar-refractivity contribution in [3.63, 3.8) is 0 Å². The standard InChI is InChI=1S/C30H31O2P/c1-20-17-18-26(21(2)29(20)31-5)27-19-28(23(4)30(32-6)22(27)3)33(24-13-9-7-10-14-24)25-15-11-8-12-16-25/h7-19H,1-6H3. The Morgan fingerprint density at radius 3 is 1.58 bits per heavy atom. The van der Waals surface area contributed by atoms with Gasteiger partial charge in [0.05, 0.1) is 14.2 Å². The van der Waals surface area contributed by atoms with E-state index >= 15 is 0 Å². The minimum atomic E-state index is -0.746. The van der Waals surface area contributed by atoms with Gasteiger partial charge in [-0.3, -0.25) is 0 Å². The third kappa shape index (κ3) is 4.28. The number of benzene rings is 4. The van der Waals surface area contributed by atoms with Crippen LogP contribution in [-0.2, 0) is 0 Å². The van der Waals surface area contributed by atoms with Gasteiger partial charge in [0.2, 0.25) is 0 Å². The molecule has 4 rings (SSSR count). The highest BCUT2D eigenvalue weighted by Crippen LogP contribution is 2.42. The lowest BCUT2D eigenvalue weighted by atomic mass is 9.92. The van der Waals surface area contributed by atoms with Gasteiger partial charge in [-0.25, -0.2) is 0 Å². The van der Waals surface area contributed by atoms with E-state index in [1.807, 2.05) is 0 Å². The Balaban J connectivity index is 2.03. The van der Waals surface area contributed by atoms with Gasteiger partial charge in [0.15, 0.2) is 0 Å². The summed E-state index contributed by atoms with van der Waals surface area (Å²) in [6.45, 7) is 8.58. The number of hydrogen-bond acceptors (Lipinski definition) is 2. The first kappa shape index (κ1) is 23.1. The average Bonchev–Trinajstić information content (AvgIpc) is 2.83. The number of methoxy groups -OCH3 is 2. The smallest absolute Gasteiger partial charge is 0.125 e. The van der Waals surface area contributed by atoms with Gasteiger partial charge >= 0.3 is 0 Å². The lowest BCUT2D eigenvalue weighted by Gasteiger charge is -2.26. The van der Waals surface area contributed by atoms with Crippen molar-refractivity contribution in [3.8, 4) is 22.6 Å². The van der Waals surface area contributed by atoms with Crippen LogP contribution in [0.2, 0.25) is 0 Å². The van der Waals surface area contributed by atoms with Crippen molar-refractivity contribution in [2.75, 3.05) is 14.2 Å². The Kier molecular flexibility index (Phi) is 6.86. The number of hydrogen-bond donors (Lipinski definition) is 0. The summed E-state index contributed by atoms with van der Waals surface area (Å²) in [4.78, 5) is 0.